The third-order valence-corrected chi connectivity index (χ3v) is 3.42. The molecule has 0 bridgehead atoms. The third kappa shape index (κ3) is 3.64. The number of furan rings is 1. The molecular formula is C17H23NO2. The first-order valence-corrected chi connectivity index (χ1v) is 7.07. The van der Waals surface area contributed by atoms with E-state index in [-0.39, 0.29) is 0 Å². The molecule has 1 N–H and O–H groups in total. The van der Waals surface area contributed by atoms with Gasteiger partial charge in [-0.25, -0.2) is 0 Å². The molecule has 0 atom stereocenters. The van der Waals surface area contributed by atoms with Gasteiger partial charge in [0.15, 0.2) is 0 Å². The Morgan fingerprint density at radius 2 is 1.95 bits per heavy atom. The molecule has 3 nitrogen and oxygen atoms in total. The average Bonchev–Trinajstić information content (AvgIpc) is 2.86. The maximum Gasteiger partial charge on any atom is 0.146 e. The molecule has 20 heavy (non-hydrogen) atoms. The van der Waals surface area contributed by atoms with E-state index in [1.54, 1.807) is 6.26 Å². The first kappa shape index (κ1) is 14.7. The molecule has 0 amide bonds. The average molecular weight is 273 g/mol. The van der Waals surface area contributed by atoms with Crippen molar-refractivity contribution in [2.24, 2.45) is 0 Å². The molecule has 2 aromatic rings. The summed E-state index contributed by atoms with van der Waals surface area (Å²) < 4.78 is 11.4. The van der Waals surface area contributed by atoms with Crippen LogP contribution in [-0.4, -0.2) is 6.54 Å². The van der Waals surface area contributed by atoms with Gasteiger partial charge in [-0.3, -0.25) is 0 Å². The van der Waals surface area contributed by atoms with Crippen molar-refractivity contribution in [2.45, 2.75) is 40.8 Å². The molecule has 1 aromatic carbocycles. The van der Waals surface area contributed by atoms with Crippen molar-refractivity contribution in [3.05, 3.63) is 52.5 Å². The van der Waals surface area contributed by atoms with Gasteiger partial charge >= 0.3 is 0 Å². The SMILES string of the molecule is CCNCc1coc(COc2cc(C)cc(C)c2C)c1. The van der Waals surface area contributed by atoms with E-state index >= 15 is 0 Å². The molecule has 0 spiro atoms. The van der Waals surface area contributed by atoms with Crippen molar-refractivity contribution in [3.63, 3.8) is 0 Å². The van der Waals surface area contributed by atoms with E-state index in [1.807, 2.05) is 6.07 Å². The fourth-order valence-electron chi connectivity index (χ4n) is 2.16. The van der Waals surface area contributed by atoms with Crippen LogP contribution in [0.25, 0.3) is 0 Å². The highest BCUT2D eigenvalue weighted by atomic mass is 16.5. The van der Waals surface area contributed by atoms with Crippen LogP contribution in [0, 0.1) is 20.8 Å². The van der Waals surface area contributed by atoms with Crippen LogP contribution in [0.1, 0.15) is 34.9 Å². The molecule has 0 saturated carbocycles. The number of ether oxygens (including phenoxy) is 1. The smallest absolute Gasteiger partial charge is 0.146 e. The van der Waals surface area contributed by atoms with Crippen LogP contribution in [0.3, 0.4) is 0 Å². The lowest BCUT2D eigenvalue weighted by Crippen LogP contribution is -2.10. The van der Waals surface area contributed by atoms with Gasteiger partial charge in [0, 0.05) is 12.1 Å². The summed E-state index contributed by atoms with van der Waals surface area (Å²) in [6.07, 6.45) is 1.79. The number of aryl methyl sites for hydroxylation is 2. The quantitative estimate of drug-likeness (QED) is 0.867. The molecule has 2 rings (SSSR count). The monoisotopic (exact) mass is 273 g/mol. The maximum absolute atomic E-state index is 5.89. The predicted molar refractivity (Wildman–Crippen MR) is 81.1 cm³/mol. The van der Waals surface area contributed by atoms with Gasteiger partial charge in [-0.1, -0.05) is 13.0 Å². The predicted octanol–water partition coefficient (Wildman–Crippen LogP) is 3.89. The first-order valence-electron chi connectivity index (χ1n) is 7.07. The summed E-state index contributed by atoms with van der Waals surface area (Å²) in [4.78, 5) is 0. The minimum atomic E-state index is 0.468. The van der Waals surface area contributed by atoms with Gasteiger partial charge < -0.3 is 14.5 Å². The Morgan fingerprint density at radius 1 is 1.15 bits per heavy atom. The molecule has 0 aliphatic carbocycles. The Labute approximate surface area is 121 Å². The summed E-state index contributed by atoms with van der Waals surface area (Å²) in [5.74, 6) is 1.79. The number of nitrogens with one attached hydrogen (secondary N) is 1. The van der Waals surface area contributed by atoms with E-state index < -0.39 is 0 Å². The Bertz CT molecular complexity index is 572. The zero-order valence-electron chi connectivity index (χ0n) is 12.7. The second-order valence-corrected chi connectivity index (χ2v) is 5.20. The molecule has 0 aliphatic heterocycles. The van der Waals surface area contributed by atoms with Crippen LogP contribution in [0.15, 0.2) is 28.9 Å². The van der Waals surface area contributed by atoms with Gasteiger partial charge in [-0.15, -0.1) is 0 Å². The van der Waals surface area contributed by atoms with Crippen molar-refractivity contribution < 1.29 is 9.15 Å². The van der Waals surface area contributed by atoms with Crippen LogP contribution in [-0.2, 0) is 13.2 Å². The summed E-state index contributed by atoms with van der Waals surface area (Å²) in [7, 11) is 0. The van der Waals surface area contributed by atoms with E-state index in [0.29, 0.717) is 6.61 Å². The zero-order chi connectivity index (χ0) is 14.5. The summed E-state index contributed by atoms with van der Waals surface area (Å²) >= 11 is 0. The van der Waals surface area contributed by atoms with Crippen molar-refractivity contribution in [1.29, 1.82) is 0 Å². The van der Waals surface area contributed by atoms with Crippen LogP contribution < -0.4 is 10.1 Å². The number of rotatable bonds is 6. The van der Waals surface area contributed by atoms with Crippen molar-refractivity contribution in [2.75, 3.05) is 6.54 Å². The van der Waals surface area contributed by atoms with E-state index in [0.717, 1.165) is 30.2 Å². The fraction of sp³-hybridized carbons (Fsp3) is 0.412. The van der Waals surface area contributed by atoms with Crippen molar-refractivity contribution in [1.82, 2.24) is 5.32 Å². The van der Waals surface area contributed by atoms with Crippen LogP contribution >= 0.6 is 0 Å². The third-order valence-electron chi connectivity index (χ3n) is 3.42. The molecule has 0 fully saturated rings. The van der Waals surface area contributed by atoms with Crippen LogP contribution in [0.5, 0.6) is 5.75 Å². The topological polar surface area (TPSA) is 34.4 Å². The second-order valence-electron chi connectivity index (χ2n) is 5.20. The van der Waals surface area contributed by atoms with Gasteiger partial charge in [0.25, 0.3) is 0 Å². The highest BCUT2D eigenvalue weighted by Gasteiger charge is 2.06. The summed E-state index contributed by atoms with van der Waals surface area (Å²) in [6, 6.07) is 6.29. The fourth-order valence-corrected chi connectivity index (χ4v) is 2.16. The Kier molecular flexibility index (Phi) is 4.85. The van der Waals surface area contributed by atoms with Crippen LogP contribution in [0.4, 0.5) is 0 Å². The highest BCUT2D eigenvalue weighted by Crippen LogP contribution is 2.24. The van der Waals surface area contributed by atoms with Gasteiger partial charge in [0.2, 0.25) is 0 Å². The van der Waals surface area contributed by atoms with Gasteiger partial charge in [0.05, 0.1) is 6.26 Å². The molecule has 0 aliphatic rings. The molecule has 1 heterocycles. The lowest BCUT2D eigenvalue weighted by atomic mass is 10.1. The van der Waals surface area contributed by atoms with Gasteiger partial charge in [-0.05, 0) is 56.1 Å². The molecule has 3 heteroatoms. The number of hydrogen-bond donors (Lipinski definition) is 1. The Hall–Kier alpha value is -1.74. The van der Waals surface area contributed by atoms with E-state index in [2.05, 4.69) is 45.1 Å². The first-order chi connectivity index (χ1) is 9.60. The number of hydrogen-bond acceptors (Lipinski definition) is 3. The summed E-state index contributed by atoms with van der Waals surface area (Å²) in [6.45, 7) is 10.6. The van der Waals surface area contributed by atoms with E-state index in [4.69, 9.17) is 9.15 Å². The highest BCUT2D eigenvalue weighted by molar-refractivity contribution is 5.42. The maximum atomic E-state index is 5.89. The zero-order valence-corrected chi connectivity index (χ0v) is 12.7. The molecular weight excluding hydrogens is 250 g/mol. The Morgan fingerprint density at radius 3 is 2.70 bits per heavy atom. The summed E-state index contributed by atoms with van der Waals surface area (Å²) in [5.41, 5.74) is 4.82. The summed E-state index contributed by atoms with van der Waals surface area (Å²) in [5, 5.41) is 3.27. The van der Waals surface area contributed by atoms with Crippen molar-refractivity contribution in [3.8, 4) is 5.75 Å². The molecule has 108 valence electrons. The van der Waals surface area contributed by atoms with E-state index in [1.165, 1.54) is 16.7 Å². The van der Waals surface area contributed by atoms with Gasteiger partial charge in [0.1, 0.15) is 18.1 Å². The molecule has 0 unspecified atom stereocenters. The molecule has 0 saturated heterocycles. The van der Waals surface area contributed by atoms with Gasteiger partial charge in [-0.2, -0.15) is 0 Å². The normalized spacial score (nSPS) is 10.8. The van der Waals surface area contributed by atoms with E-state index in [9.17, 15) is 0 Å². The minimum Gasteiger partial charge on any atom is -0.485 e. The molecule has 0 radical (unpaired) electrons. The standard InChI is InChI=1S/C17H23NO2/c1-5-18-9-15-8-16(19-10-15)11-20-17-7-12(2)6-13(3)14(17)4/h6-8,10,18H,5,9,11H2,1-4H3. The van der Waals surface area contributed by atoms with Crippen LogP contribution in [0.2, 0.25) is 0 Å². The Balaban J connectivity index is 2.00. The largest absolute Gasteiger partial charge is 0.485 e. The second kappa shape index (κ2) is 6.62. The molecule has 1 aromatic heterocycles. The van der Waals surface area contributed by atoms with Crippen molar-refractivity contribution >= 4 is 0 Å². The minimum absolute atomic E-state index is 0.468. The number of benzene rings is 1. The lowest BCUT2D eigenvalue weighted by Gasteiger charge is -2.11. The lowest BCUT2D eigenvalue weighted by molar-refractivity contribution is 0.268.